The predicted molar refractivity (Wildman–Crippen MR) is 152 cm³/mol. The minimum absolute atomic E-state index is 0.144. The van der Waals surface area contributed by atoms with Crippen LogP contribution in [0, 0.1) is 11.6 Å². The van der Waals surface area contributed by atoms with Crippen molar-refractivity contribution in [3.63, 3.8) is 0 Å². The molecular formula is C30H32F2N6O6. The van der Waals surface area contributed by atoms with Crippen LogP contribution >= 0.6 is 0 Å². The largest absolute Gasteiger partial charge is 0.485 e. The minimum atomic E-state index is -0.402. The monoisotopic (exact) mass is 610 g/mol. The number of ether oxygens (including phenoxy) is 4. The zero-order chi connectivity index (χ0) is 30.7. The van der Waals surface area contributed by atoms with Crippen molar-refractivity contribution in [2.75, 3.05) is 13.2 Å². The molecule has 14 heteroatoms. The van der Waals surface area contributed by atoms with Crippen LogP contribution in [0.3, 0.4) is 0 Å². The molecule has 2 atom stereocenters. The molecule has 0 aromatic carbocycles. The van der Waals surface area contributed by atoms with Crippen LogP contribution in [0.25, 0.3) is 0 Å². The fraction of sp³-hybridized carbons (Fsp3) is 0.400. The quantitative estimate of drug-likeness (QED) is 0.287. The molecule has 0 N–H and O–H groups in total. The van der Waals surface area contributed by atoms with Crippen LogP contribution in [0.2, 0.25) is 0 Å². The van der Waals surface area contributed by atoms with Gasteiger partial charge in [0.05, 0.1) is 36.2 Å². The van der Waals surface area contributed by atoms with Gasteiger partial charge in [-0.3, -0.25) is 19.6 Å². The summed E-state index contributed by atoms with van der Waals surface area (Å²) in [6.45, 7) is 1.58. The van der Waals surface area contributed by atoms with Gasteiger partial charge in [-0.2, -0.15) is 10.2 Å². The van der Waals surface area contributed by atoms with Crippen molar-refractivity contribution in [3.8, 4) is 11.5 Å². The van der Waals surface area contributed by atoms with Crippen molar-refractivity contribution in [1.29, 1.82) is 0 Å². The van der Waals surface area contributed by atoms with E-state index in [1.54, 1.807) is 0 Å². The van der Waals surface area contributed by atoms with Crippen LogP contribution in [0.4, 0.5) is 8.78 Å². The first kappa shape index (κ1) is 30.9. The van der Waals surface area contributed by atoms with Crippen LogP contribution in [-0.2, 0) is 22.7 Å². The van der Waals surface area contributed by atoms with Gasteiger partial charge in [-0.1, -0.05) is 0 Å². The van der Waals surface area contributed by atoms with E-state index in [1.165, 1.54) is 58.2 Å². The number of halogens is 2. The molecule has 0 radical (unpaired) electrons. The summed E-state index contributed by atoms with van der Waals surface area (Å²) < 4.78 is 50.2. The molecule has 4 aromatic rings. The second kappa shape index (κ2) is 15.3. The molecular weight excluding hydrogens is 578 g/mol. The number of rotatable bonds is 8. The summed E-state index contributed by atoms with van der Waals surface area (Å²) in [7, 11) is 0. The smallest absolute Gasteiger partial charge is 0.272 e. The predicted octanol–water partition coefficient (Wildman–Crippen LogP) is 4.11. The molecule has 6 rings (SSSR count). The van der Waals surface area contributed by atoms with E-state index in [0.717, 1.165) is 50.9 Å². The van der Waals surface area contributed by atoms with Crippen molar-refractivity contribution in [1.82, 2.24) is 29.5 Å². The van der Waals surface area contributed by atoms with Crippen molar-refractivity contribution in [2.24, 2.45) is 0 Å². The van der Waals surface area contributed by atoms with Gasteiger partial charge in [0.25, 0.3) is 11.1 Å². The van der Waals surface area contributed by atoms with E-state index in [0.29, 0.717) is 36.1 Å². The first-order valence-electron chi connectivity index (χ1n) is 14.3. The second-order valence-electron chi connectivity index (χ2n) is 10.1. The SMILES string of the molecule is O=c1cc(OCc2ccc(F)cn2)cnn1C1CCCCO1.O=c1cc(OCc2ccc(F)cn2)cnn1C1CCCCO1. The Labute approximate surface area is 251 Å². The third kappa shape index (κ3) is 8.74. The Morgan fingerprint density at radius 3 is 1.48 bits per heavy atom. The van der Waals surface area contributed by atoms with Gasteiger partial charge < -0.3 is 18.9 Å². The summed E-state index contributed by atoms with van der Waals surface area (Å²) in [6.07, 6.45) is 10.2. The second-order valence-corrected chi connectivity index (χ2v) is 10.1. The van der Waals surface area contributed by atoms with Crippen LogP contribution in [0.15, 0.2) is 70.8 Å². The molecule has 0 spiro atoms. The van der Waals surface area contributed by atoms with E-state index in [-0.39, 0.29) is 36.8 Å². The van der Waals surface area contributed by atoms with Crippen LogP contribution in [0.5, 0.6) is 11.5 Å². The lowest BCUT2D eigenvalue weighted by Gasteiger charge is -2.23. The molecule has 12 nitrogen and oxygen atoms in total. The van der Waals surface area contributed by atoms with Gasteiger partial charge in [-0.25, -0.2) is 18.1 Å². The maximum atomic E-state index is 12.8. The van der Waals surface area contributed by atoms with Gasteiger partial charge >= 0.3 is 0 Å². The van der Waals surface area contributed by atoms with Gasteiger partial charge in [0.1, 0.15) is 36.3 Å². The fourth-order valence-corrected chi connectivity index (χ4v) is 4.52. The third-order valence-corrected chi connectivity index (χ3v) is 6.81. The lowest BCUT2D eigenvalue weighted by atomic mass is 10.2. The molecule has 2 unspecified atom stereocenters. The molecule has 2 saturated heterocycles. The summed E-state index contributed by atoms with van der Waals surface area (Å²) >= 11 is 0. The Kier molecular flexibility index (Phi) is 10.7. The maximum Gasteiger partial charge on any atom is 0.272 e. The van der Waals surface area contributed by atoms with Gasteiger partial charge in [-0.05, 0) is 62.8 Å². The topological polar surface area (TPSA) is 132 Å². The lowest BCUT2D eigenvalue weighted by Crippen LogP contribution is -2.30. The number of hydrogen-bond donors (Lipinski definition) is 0. The van der Waals surface area contributed by atoms with Gasteiger partial charge in [0.15, 0.2) is 12.5 Å². The number of aromatic nitrogens is 6. The highest BCUT2D eigenvalue weighted by molar-refractivity contribution is 5.16. The molecule has 4 aromatic heterocycles. The van der Waals surface area contributed by atoms with Crippen LogP contribution < -0.4 is 20.6 Å². The fourth-order valence-electron chi connectivity index (χ4n) is 4.52. The standard InChI is InChI=1S/2C15H16FN3O3/c2*16-11-4-5-12(17-8-11)10-22-13-7-14(20)19(18-9-13)15-3-1-2-6-21-15/h2*4-5,7-9,15H,1-3,6,10H2. The molecule has 0 aliphatic carbocycles. The molecule has 232 valence electrons. The van der Waals surface area contributed by atoms with E-state index in [1.807, 2.05) is 0 Å². The van der Waals surface area contributed by atoms with Crippen LogP contribution in [0.1, 0.15) is 62.4 Å². The highest BCUT2D eigenvalue weighted by atomic mass is 19.1. The molecule has 2 fully saturated rings. The van der Waals surface area contributed by atoms with Gasteiger partial charge in [0.2, 0.25) is 0 Å². The van der Waals surface area contributed by atoms with Crippen molar-refractivity contribution < 1.29 is 27.7 Å². The van der Waals surface area contributed by atoms with Crippen LogP contribution in [-0.4, -0.2) is 42.7 Å². The number of hydrogen-bond acceptors (Lipinski definition) is 10. The Morgan fingerprint density at radius 2 is 1.14 bits per heavy atom. The molecule has 2 aliphatic heterocycles. The minimum Gasteiger partial charge on any atom is -0.485 e. The summed E-state index contributed by atoms with van der Waals surface area (Å²) in [5.41, 5.74) is 0.607. The zero-order valence-electron chi connectivity index (χ0n) is 23.9. The lowest BCUT2D eigenvalue weighted by molar-refractivity contribution is -0.0427. The third-order valence-electron chi connectivity index (χ3n) is 6.81. The maximum absolute atomic E-state index is 12.8. The molecule has 0 bridgehead atoms. The van der Waals surface area contributed by atoms with Gasteiger partial charge in [0, 0.05) is 25.3 Å². The van der Waals surface area contributed by atoms with E-state index in [9.17, 15) is 18.4 Å². The molecule has 44 heavy (non-hydrogen) atoms. The average molecular weight is 611 g/mol. The molecule has 6 heterocycles. The molecule has 0 amide bonds. The van der Waals surface area contributed by atoms with E-state index >= 15 is 0 Å². The summed E-state index contributed by atoms with van der Waals surface area (Å²) in [4.78, 5) is 31.9. The highest BCUT2D eigenvalue weighted by Crippen LogP contribution is 2.21. The zero-order valence-corrected chi connectivity index (χ0v) is 23.9. The van der Waals surface area contributed by atoms with E-state index in [2.05, 4.69) is 20.2 Å². The Hall–Kier alpha value is -4.56. The summed E-state index contributed by atoms with van der Waals surface area (Å²) in [5, 5.41) is 8.20. The summed E-state index contributed by atoms with van der Waals surface area (Å²) in [6, 6.07) is 8.41. The van der Waals surface area contributed by atoms with Crippen molar-refractivity contribution in [3.05, 3.63) is 105 Å². The van der Waals surface area contributed by atoms with E-state index in [4.69, 9.17) is 18.9 Å². The van der Waals surface area contributed by atoms with Crippen molar-refractivity contribution in [2.45, 2.75) is 64.2 Å². The van der Waals surface area contributed by atoms with E-state index < -0.39 is 11.6 Å². The number of nitrogens with zero attached hydrogens (tertiary/aromatic N) is 6. The average Bonchev–Trinajstić information content (AvgIpc) is 3.05. The number of pyridine rings is 2. The highest BCUT2D eigenvalue weighted by Gasteiger charge is 2.19. The normalized spacial score (nSPS) is 18.1. The summed E-state index contributed by atoms with van der Waals surface area (Å²) in [5.74, 6) is -0.104. The first-order valence-corrected chi connectivity index (χ1v) is 14.3. The Morgan fingerprint density at radius 1 is 0.682 bits per heavy atom. The Bertz CT molecular complexity index is 1480. The van der Waals surface area contributed by atoms with Crippen molar-refractivity contribution >= 4 is 0 Å². The molecule has 2 aliphatic rings. The van der Waals surface area contributed by atoms with Gasteiger partial charge in [-0.15, -0.1) is 0 Å². The Balaban J connectivity index is 0.000000175. The molecule has 0 saturated carbocycles. The first-order chi connectivity index (χ1) is 21.4.